The number of likely N-dealkylation sites (tertiary alicyclic amines) is 1. The lowest BCUT2D eigenvalue weighted by Gasteiger charge is -2.35. The van der Waals surface area contributed by atoms with Gasteiger partial charge in [-0.3, -0.25) is 9.69 Å². The first-order valence-electron chi connectivity index (χ1n) is 14.8. The summed E-state index contributed by atoms with van der Waals surface area (Å²) in [6.07, 6.45) is 4.88. The number of carbonyl (C=O) groups excluding carboxylic acids is 1. The number of anilines is 1. The van der Waals surface area contributed by atoms with E-state index in [1.807, 2.05) is 30.3 Å². The SMILES string of the molecule is CC1CCCCN1CCCNC(=O)c1cccc(CSc2nc(Cl)cc(N3CCN(Cc4ccccc4)CC3)n2)c1. The third-order valence-corrected chi connectivity index (χ3v) is 9.12. The fraction of sp³-hybridized carbons (Fsp3) is 0.469. The van der Waals surface area contributed by atoms with Crippen LogP contribution in [-0.4, -0.2) is 77.5 Å². The quantitative estimate of drug-likeness (QED) is 0.132. The molecule has 2 saturated heterocycles. The maximum Gasteiger partial charge on any atom is 0.251 e. The third kappa shape index (κ3) is 8.92. The smallest absolute Gasteiger partial charge is 0.251 e. The van der Waals surface area contributed by atoms with E-state index in [1.54, 1.807) is 11.8 Å². The number of hydrogen-bond donors (Lipinski definition) is 1. The second kappa shape index (κ2) is 15.0. The average molecular weight is 593 g/mol. The van der Waals surface area contributed by atoms with Crippen LogP contribution in [0.15, 0.2) is 65.8 Å². The summed E-state index contributed by atoms with van der Waals surface area (Å²) in [5.74, 6) is 1.52. The van der Waals surface area contributed by atoms with E-state index in [1.165, 1.54) is 31.4 Å². The molecule has 0 radical (unpaired) electrons. The van der Waals surface area contributed by atoms with Crippen molar-refractivity contribution in [2.24, 2.45) is 0 Å². The molecule has 1 aromatic heterocycles. The normalized spacial score (nSPS) is 18.4. The Kier molecular flexibility index (Phi) is 10.9. The van der Waals surface area contributed by atoms with Gasteiger partial charge in [0, 0.05) is 69.2 Å². The van der Waals surface area contributed by atoms with E-state index in [9.17, 15) is 4.79 Å². The molecule has 1 atom stereocenters. The molecule has 0 aliphatic carbocycles. The van der Waals surface area contributed by atoms with E-state index >= 15 is 0 Å². The van der Waals surface area contributed by atoms with E-state index in [-0.39, 0.29) is 5.91 Å². The molecule has 1 unspecified atom stereocenters. The maximum atomic E-state index is 12.8. The average Bonchev–Trinajstić information content (AvgIpc) is 3.00. The van der Waals surface area contributed by atoms with Crippen molar-refractivity contribution in [1.29, 1.82) is 0 Å². The molecule has 5 rings (SSSR count). The van der Waals surface area contributed by atoms with E-state index in [0.717, 1.165) is 57.1 Å². The standard InChI is InChI=1S/C32H41ClN6OS/c1-25-9-5-6-15-38(25)16-8-14-34-31(40)28-13-7-12-27(21-28)24-41-32-35-29(33)22-30(36-32)39-19-17-37(18-20-39)23-26-10-3-2-4-11-26/h2-4,7,10-13,21-22,25H,5-6,8-9,14-20,23-24H2,1H3,(H,34,40). The lowest BCUT2D eigenvalue weighted by molar-refractivity contribution is 0.0948. The summed E-state index contributed by atoms with van der Waals surface area (Å²) in [6, 6.07) is 20.9. The van der Waals surface area contributed by atoms with Gasteiger partial charge in [-0.1, -0.05) is 72.2 Å². The molecule has 1 N–H and O–H groups in total. The third-order valence-electron chi connectivity index (χ3n) is 8.01. The number of nitrogens with one attached hydrogen (secondary N) is 1. The first kappa shape index (κ1) is 29.8. The molecule has 2 aliphatic rings. The molecule has 2 aromatic carbocycles. The number of amides is 1. The zero-order chi connectivity index (χ0) is 28.4. The predicted octanol–water partition coefficient (Wildman–Crippen LogP) is 5.74. The van der Waals surface area contributed by atoms with Gasteiger partial charge < -0.3 is 15.1 Å². The van der Waals surface area contributed by atoms with Gasteiger partial charge in [-0.05, 0) is 56.0 Å². The van der Waals surface area contributed by atoms with Gasteiger partial charge in [0.05, 0.1) is 0 Å². The molecular weight excluding hydrogens is 552 g/mol. The molecule has 7 nitrogen and oxygen atoms in total. The minimum Gasteiger partial charge on any atom is -0.354 e. The molecule has 2 fully saturated rings. The molecule has 2 aliphatic heterocycles. The second-order valence-electron chi connectivity index (χ2n) is 11.1. The highest BCUT2D eigenvalue weighted by Gasteiger charge is 2.20. The van der Waals surface area contributed by atoms with E-state index in [0.29, 0.717) is 34.2 Å². The molecule has 3 heterocycles. The summed E-state index contributed by atoms with van der Waals surface area (Å²) in [5, 5.41) is 4.21. The summed E-state index contributed by atoms with van der Waals surface area (Å²) in [7, 11) is 0. The molecule has 41 heavy (non-hydrogen) atoms. The number of halogens is 1. The predicted molar refractivity (Wildman–Crippen MR) is 169 cm³/mol. The Balaban J connectivity index is 1.09. The topological polar surface area (TPSA) is 64.6 Å². The largest absolute Gasteiger partial charge is 0.354 e. The zero-order valence-electron chi connectivity index (χ0n) is 24.0. The number of benzene rings is 2. The first-order chi connectivity index (χ1) is 20.0. The number of rotatable bonds is 11. The van der Waals surface area contributed by atoms with Crippen LogP contribution in [0, 0.1) is 0 Å². The number of piperazine rings is 1. The lowest BCUT2D eigenvalue weighted by atomic mass is 10.0. The van der Waals surface area contributed by atoms with E-state index in [4.69, 9.17) is 16.6 Å². The summed E-state index contributed by atoms with van der Waals surface area (Å²) in [4.78, 5) is 29.4. The van der Waals surface area contributed by atoms with Crippen molar-refractivity contribution in [3.8, 4) is 0 Å². The highest BCUT2D eigenvalue weighted by Crippen LogP contribution is 2.26. The lowest BCUT2D eigenvalue weighted by Crippen LogP contribution is -2.46. The van der Waals surface area contributed by atoms with Crippen LogP contribution in [-0.2, 0) is 12.3 Å². The zero-order valence-corrected chi connectivity index (χ0v) is 25.5. The van der Waals surface area contributed by atoms with Crippen LogP contribution in [0.25, 0.3) is 0 Å². The minimum atomic E-state index is -0.0174. The summed E-state index contributed by atoms with van der Waals surface area (Å²) in [6.45, 7) is 9.95. The Hall–Kier alpha value is -2.65. The Labute approximate surface area is 253 Å². The molecule has 0 bridgehead atoms. The van der Waals surface area contributed by atoms with Crippen molar-refractivity contribution in [2.45, 2.75) is 56.1 Å². The van der Waals surface area contributed by atoms with Crippen molar-refractivity contribution in [2.75, 3.05) is 50.7 Å². The second-order valence-corrected chi connectivity index (χ2v) is 12.4. The fourth-order valence-corrected chi connectivity index (χ4v) is 6.64. The number of carbonyl (C=O) groups is 1. The van der Waals surface area contributed by atoms with Crippen LogP contribution in [0.3, 0.4) is 0 Å². The number of piperidine rings is 1. The van der Waals surface area contributed by atoms with Crippen molar-refractivity contribution in [3.63, 3.8) is 0 Å². The van der Waals surface area contributed by atoms with Gasteiger partial charge in [0.1, 0.15) is 11.0 Å². The number of thioether (sulfide) groups is 1. The molecule has 218 valence electrons. The van der Waals surface area contributed by atoms with Gasteiger partial charge in [0.2, 0.25) is 0 Å². The number of hydrogen-bond acceptors (Lipinski definition) is 7. The van der Waals surface area contributed by atoms with Crippen LogP contribution in [0.5, 0.6) is 0 Å². The van der Waals surface area contributed by atoms with Gasteiger partial charge in [0.25, 0.3) is 5.91 Å². The molecular formula is C32H41ClN6OS. The minimum absolute atomic E-state index is 0.0174. The molecule has 0 saturated carbocycles. The Morgan fingerprint density at radius 3 is 2.59 bits per heavy atom. The van der Waals surface area contributed by atoms with Gasteiger partial charge in [0.15, 0.2) is 5.16 Å². The van der Waals surface area contributed by atoms with Crippen molar-refractivity contribution in [3.05, 3.63) is 82.5 Å². The van der Waals surface area contributed by atoms with Crippen LogP contribution in [0.2, 0.25) is 5.15 Å². The highest BCUT2D eigenvalue weighted by molar-refractivity contribution is 7.98. The Morgan fingerprint density at radius 1 is 0.976 bits per heavy atom. The van der Waals surface area contributed by atoms with Gasteiger partial charge in [-0.15, -0.1) is 0 Å². The molecule has 0 spiro atoms. The van der Waals surface area contributed by atoms with Crippen molar-refractivity contribution < 1.29 is 4.79 Å². The van der Waals surface area contributed by atoms with Crippen LogP contribution < -0.4 is 10.2 Å². The Bertz CT molecular complexity index is 1270. The summed E-state index contributed by atoms with van der Waals surface area (Å²) in [5.41, 5.74) is 3.09. The van der Waals surface area contributed by atoms with E-state index in [2.05, 4.69) is 62.3 Å². The highest BCUT2D eigenvalue weighted by atomic mass is 35.5. The van der Waals surface area contributed by atoms with Crippen LogP contribution in [0.1, 0.15) is 54.1 Å². The molecule has 3 aromatic rings. The van der Waals surface area contributed by atoms with Crippen molar-refractivity contribution in [1.82, 2.24) is 25.1 Å². The first-order valence-corrected chi connectivity index (χ1v) is 16.2. The molecule has 1 amide bonds. The number of nitrogens with zero attached hydrogens (tertiary/aromatic N) is 5. The monoisotopic (exact) mass is 592 g/mol. The van der Waals surface area contributed by atoms with Gasteiger partial charge in [-0.25, -0.2) is 9.97 Å². The number of aromatic nitrogens is 2. The maximum absolute atomic E-state index is 12.8. The van der Waals surface area contributed by atoms with Gasteiger partial charge in [-0.2, -0.15) is 0 Å². The Morgan fingerprint density at radius 2 is 1.78 bits per heavy atom. The van der Waals surface area contributed by atoms with Crippen LogP contribution >= 0.6 is 23.4 Å². The fourth-order valence-electron chi connectivity index (χ4n) is 5.61. The summed E-state index contributed by atoms with van der Waals surface area (Å²) >= 11 is 7.96. The van der Waals surface area contributed by atoms with Gasteiger partial charge >= 0.3 is 0 Å². The molecule has 9 heteroatoms. The van der Waals surface area contributed by atoms with Crippen molar-refractivity contribution >= 4 is 35.1 Å². The van der Waals surface area contributed by atoms with Crippen LogP contribution in [0.4, 0.5) is 5.82 Å². The van der Waals surface area contributed by atoms with E-state index < -0.39 is 0 Å². The summed E-state index contributed by atoms with van der Waals surface area (Å²) < 4.78 is 0.